The zero-order valence-corrected chi connectivity index (χ0v) is 25.5. The molecule has 3 aromatic rings. The van der Waals surface area contributed by atoms with E-state index in [2.05, 4.69) is 20.3 Å². The van der Waals surface area contributed by atoms with Crippen LogP contribution < -0.4 is 5.32 Å². The zero-order valence-electron chi connectivity index (χ0n) is 25.5. The first-order valence-electron chi connectivity index (χ1n) is 14.6. The number of nitrogens with one attached hydrogen (secondary N) is 1. The predicted octanol–water partition coefficient (Wildman–Crippen LogP) is 3.73. The molecule has 1 N–H and O–H groups in total. The Balaban J connectivity index is 1.58. The van der Waals surface area contributed by atoms with Crippen molar-refractivity contribution < 1.29 is 28.7 Å². The molecule has 44 heavy (non-hydrogen) atoms. The van der Waals surface area contributed by atoms with Crippen LogP contribution in [-0.4, -0.2) is 93.1 Å². The van der Waals surface area contributed by atoms with Crippen molar-refractivity contribution in [3.05, 3.63) is 66.6 Å². The van der Waals surface area contributed by atoms with Crippen LogP contribution in [0.4, 0.5) is 4.79 Å². The summed E-state index contributed by atoms with van der Waals surface area (Å²) in [5.74, 6) is -1.09. The molecule has 1 aliphatic rings. The van der Waals surface area contributed by atoms with Gasteiger partial charge in [0.25, 0.3) is 5.91 Å². The fourth-order valence-electron chi connectivity index (χ4n) is 4.64. The lowest BCUT2D eigenvalue weighted by molar-refractivity contribution is -0.155. The summed E-state index contributed by atoms with van der Waals surface area (Å²) in [7, 11) is 0. The third-order valence-electron chi connectivity index (χ3n) is 6.74. The number of nitrogens with zero attached hydrogens (tertiary/aromatic N) is 5. The number of amides is 3. The summed E-state index contributed by atoms with van der Waals surface area (Å²) in [5.41, 5.74) is 1.34. The number of esters is 1. The highest BCUT2D eigenvalue weighted by molar-refractivity contribution is 5.97. The molecule has 0 saturated carbocycles. The Hall–Kier alpha value is -4.87. The van der Waals surface area contributed by atoms with Gasteiger partial charge in [-0.3, -0.25) is 19.4 Å². The van der Waals surface area contributed by atoms with Gasteiger partial charge in [0.15, 0.2) is 5.82 Å². The van der Waals surface area contributed by atoms with Crippen molar-refractivity contribution in [2.45, 2.75) is 52.2 Å². The number of ether oxygens (including phenoxy) is 2. The summed E-state index contributed by atoms with van der Waals surface area (Å²) < 4.78 is 10.5. The fraction of sp³-hybridized carbons (Fsp3) is 0.406. The van der Waals surface area contributed by atoms with E-state index in [-0.39, 0.29) is 44.1 Å². The van der Waals surface area contributed by atoms with Gasteiger partial charge in [-0.2, -0.15) is 0 Å². The maximum atomic E-state index is 13.7. The number of pyridine rings is 1. The van der Waals surface area contributed by atoms with Crippen molar-refractivity contribution in [1.29, 1.82) is 0 Å². The molecule has 12 heteroatoms. The van der Waals surface area contributed by atoms with Crippen LogP contribution in [0.5, 0.6) is 0 Å². The van der Waals surface area contributed by atoms with E-state index in [1.807, 2.05) is 30.3 Å². The number of hydrogen-bond acceptors (Lipinski definition) is 9. The van der Waals surface area contributed by atoms with Crippen LogP contribution in [0, 0.1) is 0 Å². The smallest absolute Gasteiger partial charge is 0.409 e. The summed E-state index contributed by atoms with van der Waals surface area (Å²) in [5, 5.41) is 2.81. The number of piperazine rings is 1. The SMILES string of the molecule is CCOC(=O)N1CCN(C(=O)C(CCC(=O)OC(C)(C)C)NC(=O)c2cc(-c3ccncc3)nc(-c3ccccc3)n2)CC1. The zero-order chi connectivity index (χ0) is 31.7. The largest absolute Gasteiger partial charge is 0.460 e. The monoisotopic (exact) mass is 602 g/mol. The van der Waals surface area contributed by atoms with Gasteiger partial charge < -0.3 is 24.6 Å². The Labute approximate surface area is 256 Å². The number of benzene rings is 1. The molecule has 0 spiro atoms. The lowest BCUT2D eigenvalue weighted by Crippen LogP contribution is -2.56. The number of carbonyl (C=O) groups excluding carboxylic acids is 4. The third-order valence-corrected chi connectivity index (χ3v) is 6.74. The Morgan fingerprint density at radius 1 is 0.909 bits per heavy atom. The van der Waals surface area contributed by atoms with Gasteiger partial charge in [0, 0.05) is 56.1 Å². The van der Waals surface area contributed by atoms with E-state index in [4.69, 9.17) is 9.47 Å². The molecule has 1 aliphatic heterocycles. The first kappa shape index (κ1) is 32.1. The molecule has 1 saturated heterocycles. The molecular formula is C32H38N6O6. The second-order valence-corrected chi connectivity index (χ2v) is 11.2. The van der Waals surface area contributed by atoms with Gasteiger partial charge in [-0.1, -0.05) is 30.3 Å². The highest BCUT2D eigenvalue weighted by Gasteiger charge is 2.32. The topological polar surface area (TPSA) is 144 Å². The first-order chi connectivity index (χ1) is 21.0. The van der Waals surface area contributed by atoms with Crippen LogP contribution in [0.25, 0.3) is 22.6 Å². The molecule has 12 nitrogen and oxygen atoms in total. The van der Waals surface area contributed by atoms with Gasteiger partial charge in [-0.05, 0) is 52.3 Å². The predicted molar refractivity (Wildman–Crippen MR) is 162 cm³/mol. The minimum atomic E-state index is -1.04. The van der Waals surface area contributed by atoms with E-state index < -0.39 is 29.6 Å². The van der Waals surface area contributed by atoms with Crippen molar-refractivity contribution in [1.82, 2.24) is 30.1 Å². The average Bonchev–Trinajstić information content (AvgIpc) is 3.02. The summed E-state index contributed by atoms with van der Waals surface area (Å²) in [4.78, 5) is 68.5. The average molecular weight is 603 g/mol. The van der Waals surface area contributed by atoms with Crippen LogP contribution in [-0.2, 0) is 19.1 Å². The number of carbonyl (C=O) groups is 4. The van der Waals surface area contributed by atoms with Crippen molar-refractivity contribution in [3.8, 4) is 22.6 Å². The molecule has 232 valence electrons. The van der Waals surface area contributed by atoms with Crippen LogP contribution in [0.1, 0.15) is 51.0 Å². The maximum absolute atomic E-state index is 13.7. The van der Waals surface area contributed by atoms with E-state index in [0.29, 0.717) is 24.6 Å². The lowest BCUT2D eigenvalue weighted by Gasteiger charge is -2.36. The van der Waals surface area contributed by atoms with Crippen LogP contribution in [0.2, 0.25) is 0 Å². The minimum absolute atomic E-state index is 0.0193. The maximum Gasteiger partial charge on any atom is 0.409 e. The molecule has 0 radical (unpaired) electrons. The molecule has 0 bridgehead atoms. The van der Waals surface area contributed by atoms with Gasteiger partial charge in [-0.25, -0.2) is 14.8 Å². The lowest BCUT2D eigenvalue weighted by atomic mass is 10.1. The van der Waals surface area contributed by atoms with E-state index in [0.717, 1.165) is 11.1 Å². The molecule has 2 aromatic heterocycles. The van der Waals surface area contributed by atoms with Crippen molar-refractivity contribution in [2.75, 3.05) is 32.8 Å². The van der Waals surface area contributed by atoms with Crippen LogP contribution in [0.15, 0.2) is 60.9 Å². The van der Waals surface area contributed by atoms with Crippen molar-refractivity contribution in [2.24, 2.45) is 0 Å². The van der Waals surface area contributed by atoms with Gasteiger partial charge in [0.05, 0.1) is 12.3 Å². The van der Waals surface area contributed by atoms with Gasteiger partial charge in [0.2, 0.25) is 5.91 Å². The standard InChI is InChI=1S/C32H38N6O6/c1-5-43-31(42)38-19-17-37(18-20-38)30(41)24(11-12-27(39)44-32(2,3)4)36-29(40)26-21-25(22-13-15-33-16-14-22)34-28(35-26)23-9-7-6-8-10-23/h6-10,13-16,21,24H,5,11-12,17-20H2,1-4H3,(H,36,40). The minimum Gasteiger partial charge on any atom is -0.460 e. The second kappa shape index (κ2) is 14.5. The van der Waals surface area contributed by atoms with E-state index >= 15 is 0 Å². The van der Waals surface area contributed by atoms with Crippen molar-refractivity contribution >= 4 is 23.9 Å². The number of rotatable bonds is 9. The summed E-state index contributed by atoms with van der Waals surface area (Å²) >= 11 is 0. The fourth-order valence-corrected chi connectivity index (χ4v) is 4.64. The summed E-state index contributed by atoms with van der Waals surface area (Å²) in [6, 6.07) is 13.3. The summed E-state index contributed by atoms with van der Waals surface area (Å²) in [6.45, 7) is 8.37. The van der Waals surface area contributed by atoms with Crippen molar-refractivity contribution in [3.63, 3.8) is 0 Å². The third kappa shape index (κ3) is 8.82. The van der Waals surface area contributed by atoms with E-state index in [1.165, 1.54) is 4.90 Å². The molecule has 1 aromatic carbocycles. The van der Waals surface area contributed by atoms with E-state index in [1.54, 1.807) is 63.2 Å². The Kier molecular flexibility index (Phi) is 10.6. The number of aromatic nitrogens is 3. The van der Waals surface area contributed by atoms with Gasteiger partial charge in [0.1, 0.15) is 17.3 Å². The first-order valence-corrected chi connectivity index (χ1v) is 14.6. The highest BCUT2D eigenvalue weighted by Crippen LogP contribution is 2.22. The van der Waals surface area contributed by atoms with Gasteiger partial charge >= 0.3 is 12.1 Å². The van der Waals surface area contributed by atoms with Crippen LogP contribution in [0.3, 0.4) is 0 Å². The Morgan fingerprint density at radius 2 is 1.57 bits per heavy atom. The molecule has 1 fully saturated rings. The van der Waals surface area contributed by atoms with Gasteiger partial charge in [-0.15, -0.1) is 0 Å². The van der Waals surface area contributed by atoms with Crippen LogP contribution >= 0.6 is 0 Å². The summed E-state index contributed by atoms with van der Waals surface area (Å²) in [6.07, 6.45) is 2.76. The number of hydrogen-bond donors (Lipinski definition) is 1. The Morgan fingerprint density at radius 3 is 2.20 bits per heavy atom. The molecule has 3 amide bonds. The highest BCUT2D eigenvalue weighted by atomic mass is 16.6. The molecular weight excluding hydrogens is 564 g/mol. The molecule has 3 heterocycles. The second-order valence-electron chi connectivity index (χ2n) is 11.2. The van der Waals surface area contributed by atoms with E-state index in [9.17, 15) is 19.2 Å². The molecule has 0 aliphatic carbocycles. The molecule has 1 atom stereocenters. The molecule has 4 rings (SSSR count). The normalized spacial score (nSPS) is 14.0. The Bertz CT molecular complexity index is 1400. The molecule has 1 unspecified atom stereocenters. The quantitative estimate of drug-likeness (QED) is 0.362.